The van der Waals surface area contributed by atoms with Crippen molar-refractivity contribution >= 4 is 5.69 Å². The Balaban J connectivity index is 2.16. The number of hydrogen-bond acceptors (Lipinski definition) is 2. The molecule has 20 heavy (non-hydrogen) atoms. The van der Waals surface area contributed by atoms with Gasteiger partial charge in [0.25, 0.3) is 0 Å². The van der Waals surface area contributed by atoms with Gasteiger partial charge in [0.1, 0.15) is 5.82 Å². The predicted octanol–water partition coefficient (Wildman–Crippen LogP) is 3.95. The Morgan fingerprint density at radius 1 is 1.25 bits per heavy atom. The fraction of sp³-hybridized carbons (Fsp3) is 0.647. The van der Waals surface area contributed by atoms with Crippen molar-refractivity contribution in [3.63, 3.8) is 0 Å². The van der Waals surface area contributed by atoms with E-state index >= 15 is 0 Å². The van der Waals surface area contributed by atoms with Crippen LogP contribution in [0.4, 0.5) is 10.1 Å². The van der Waals surface area contributed by atoms with Gasteiger partial charge in [-0.25, -0.2) is 4.39 Å². The van der Waals surface area contributed by atoms with Gasteiger partial charge in [0.15, 0.2) is 0 Å². The molecule has 0 amide bonds. The molecule has 3 heteroatoms. The van der Waals surface area contributed by atoms with E-state index in [1.165, 1.54) is 25.7 Å². The topological polar surface area (TPSA) is 15.3 Å². The summed E-state index contributed by atoms with van der Waals surface area (Å²) in [6.45, 7) is 7.93. The molecule has 2 nitrogen and oxygen atoms in total. The van der Waals surface area contributed by atoms with Crippen molar-refractivity contribution in [1.82, 2.24) is 5.32 Å². The molecule has 1 unspecified atom stereocenters. The first-order valence-electron chi connectivity index (χ1n) is 7.99. The predicted molar refractivity (Wildman–Crippen MR) is 83.6 cm³/mol. The highest BCUT2D eigenvalue weighted by atomic mass is 19.1. The average molecular weight is 278 g/mol. The van der Waals surface area contributed by atoms with Crippen LogP contribution >= 0.6 is 0 Å². The standard InChI is InChI=1S/C17H27FN2/c1-3-14-7-6-11-20(12-10-14)17-9-5-8-16(18)15(17)13-19-4-2/h5,8-9,14,19H,3-4,6-7,10-13H2,1-2H3. The summed E-state index contributed by atoms with van der Waals surface area (Å²) < 4.78 is 14.1. The van der Waals surface area contributed by atoms with E-state index in [4.69, 9.17) is 0 Å². The smallest absolute Gasteiger partial charge is 0.129 e. The summed E-state index contributed by atoms with van der Waals surface area (Å²) in [6.07, 6.45) is 5.02. The van der Waals surface area contributed by atoms with Crippen LogP contribution in [0.15, 0.2) is 18.2 Å². The summed E-state index contributed by atoms with van der Waals surface area (Å²) >= 11 is 0. The molecule has 1 fully saturated rings. The number of anilines is 1. The normalized spacial score (nSPS) is 19.9. The van der Waals surface area contributed by atoms with Crippen LogP contribution in [0.5, 0.6) is 0 Å². The molecule has 1 saturated heterocycles. The highest BCUT2D eigenvalue weighted by molar-refractivity contribution is 5.54. The lowest BCUT2D eigenvalue weighted by atomic mass is 9.98. The van der Waals surface area contributed by atoms with Gasteiger partial charge in [-0.1, -0.05) is 26.3 Å². The first-order valence-corrected chi connectivity index (χ1v) is 7.99. The number of benzene rings is 1. The molecule has 1 atom stereocenters. The molecule has 1 aliphatic heterocycles. The summed E-state index contributed by atoms with van der Waals surface area (Å²) in [5.41, 5.74) is 1.91. The molecule has 0 radical (unpaired) electrons. The van der Waals surface area contributed by atoms with Crippen molar-refractivity contribution in [2.45, 2.75) is 46.1 Å². The average Bonchev–Trinajstić information content (AvgIpc) is 2.71. The van der Waals surface area contributed by atoms with Crippen molar-refractivity contribution in [3.8, 4) is 0 Å². The van der Waals surface area contributed by atoms with Crippen molar-refractivity contribution in [2.24, 2.45) is 5.92 Å². The Morgan fingerprint density at radius 2 is 2.10 bits per heavy atom. The van der Waals surface area contributed by atoms with E-state index in [0.29, 0.717) is 6.54 Å². The van der Waals surface area contributed by atoms with Crippen molar-refractivity contribution in [3.05, 3.63) is 29.6 Å². The van der Waals surface area contributed by atoms with Crippen LogP contribution in [0.1, 0.15) is 45.1 Å². The van der Waals surface area contributed by atoms with Gasteiger partial charge in [-0.2, -0.15) is 0 Å². The van der Waals surface area contributed by atoms with Gasteiger partial charge in [-0.3, -0.25) is 0 Å². The molecule has 2 rings (SSSR count). The molecule has 0 spiro atoms. The Hall–Kier alpha value is -1.09. The third-order valence-electron chi connectivity index (χ3n) is 4.41. The molecule has 1 aliphatic rings. The van der Waals surface area contributed by atoms with E-state index in [1.54, 1.807) is 6.07 Å². The molecule has 1 aromatic carbocycles. The van der Waals surface area contributed by atoms with Crippen molar-refractivity contribution in [1.29, 1.82) is 0 Å². The maximum absolute atomic E-state index is 14.1. The highest BCUT2D eigenvalue weighted by Gasteiger charge is 2.19. The molecule has 1 N–H and O–H groups in total. The fourth-order valence-electron chi connectivity index (χ4n) is 3.08. The summed E-state index contributed by atoms with van der Waals surface area (Å²) in [7, 11) is 0. The molecule has 1 aromatic rings. The first kappa shape index (κ1) is 15.3. The largest absolute Gasteiger partial charge is 0.371 e. The van der Waals surface area contributed by atoms with Gasteiger partial charge in [0, 0.05) is 30.9 Å². The third kappa shape index (κ3) is 3.72. The maximum atomic E-state index is 14.1. The Bertz CT molecular complexity index is 419. The Kier molecular flexibility index (Phi) is 5.84. The molecule has 0 bridgehead atoms. The van der Waals surface area contributed by atoms with Crippen LogP contribution in [-0.2, 0) is 6.54 Å². The van der Waals surface area contributed by atoms with Crippen LogP contribution in [0, 0.1) is 11.7 Å². The number of nitrogens with zero attached hydrogens (tertiary/aromatic N) is 1. The number of halogens is 1. The summed E-state index contributed by atoms with van der Waals surface area (Å²) in [4.78, 5) is 2.38. The van der Waals surface area contributed by atoms with Crippen molar-refractivity contribution < 1.29 is 4.39 Å². The van der Waals surface area contributed by atoms with Crippen LogP contribution in [0.3, 0.4) is 0 Å². The van der Waals surface area contributed by atoms with Crippen molar-refractivity contribution in [2.75, 3.05) is 24.5 Å². The first-order chi connectivity index (χ1) is 9.76. The van der Waals surface area contributed by atoms with Crippen LogP contribution in [-0.4, -0.2) is 19.6 Å². The lowest BCUT2D eigenvalue weighted by Gasteiger charge is -2.26. The Morgan fingerprint density at radius 3 is 2.85 bits per heavy atom. The van der Waals surface area contributed by atoms with E-state index in [0.717, 1.165) is 36.8 Å². The summed E-state index contributed by atoms with van der Waals surface area (Å²) in [5, 5.41) is 3.25. The number of nitrogens with one attached hydrogen (secondary N) is 1. The highest BCUT2D eigenvalue weighted by Crippen LogP contribution is 2.28. The van der Waals surface area contributed by atoms with E-state index in [-0.39, 0.29) is 5.82 Å². The van der Waals surface area contributed by atoms with Gasteiger partial charge in [-0.05, 0) is 43.9 Å². The van der Waals surface area contributed by atoms with E-state index in [1.807, 2.05) is 6.07 Å². The van der Waals surface area contributed by atoms with Gasteiger partial charge in [0.2, 0.25) is 0 Å². The second-order valence-corrected chi connectivity index (χ2v) is 5.71. The van der Waals surface area contributed by atoms with Gasteiger partial charge in [-0.15, -0.1) is 0 Å². The fourth-order valence-corrected chi connectivity index (χ4v) is 3.08. The zero-order valence-corrected chi connectivity index (χ0v) is 12.8. The van der Waals surface area contributed by atoms with Crippen LogP contribution < -0.4 is 10.2 Å². The summed E-state index contributed by atoms with van der Waals surface area (Å²) in [5.74, 6) is 0.755. The van der Waals surface area contributed by atoms with Crippen LogP contribution in [0.2, 0.25) is 0 Å². The van der Waals surface area contributed by atoms with Gasteiger partial charge in [0.05, 0.1) is 0 Å². The zero-order valence-electron chi connectivity index (χ0n) is 12.8. The van der Waals surface area contributed by atoms with Gasteiger partial charge >= 0.3 is 0 Å². The lowest BCUT2D eigenvalue weighted by molar-refractivity contribution is 0.459. The van der Waals surface area contributed by atoms with E-state index in [2.05, 4.69) is 30.1 Å². The lowest BCUT2D eigenvalue weighted by Crippen LogP contribution is -2.27. The number of rotatable bonds is 5. The van der Waals surface area contributed by atoms with E-state index in [9.17, 15) is 4.39 Å². The summed E-state index contributed by atoms with van der Waals surface area (Å²) in [6, 6.07) is 5.48. The van der Waals surface area contributed by atoms with Gasteiger partial charge < -0.3 is 10.2 Å². The number of hydrogen-bond donors (Lipinski definition) is 1. The minimum absolute atomic E-state index is 0.0836. The quantitative estimate of drug-likeness (QED) is 0.877. The monoisotopic (exact) mass is 278 g/mol. The second kappa shape index (κ2) is 7.63. The molecule has 0 aromatic heterocycles. The minimum Gasteiger partial charge on any atom is -0.371 e. The molecule has 0 aliphatic carbocycles. The Labute approximate surface area is 122 Å². The maximum Gasteiger partial charge on any atom is 0.129 e. The molecule has 0 saturated carbocycles. The van der Waals surface area contributed by atoms with E-state index < -0.39 is 0 Å². The second-order valence-electron chi connectivity index (χ2n) is 5.71. The minimum atomic E-state index is -0.0836. The third-order valence-corrected chi connectivity index (χ3v) is 4.41. The molecule has 1 heterocycles. The molecular weight excluding hydrogens is 251 g/mol. The molecular formula is C17H27FN2. The zero-order chi connectivity index (χ0) is 14.4. The van der Waals surface area contributed by atoms with Crippen LogP contribution in [0.25, 0.3) is 0 Å². The SMILES string of the molecule is CCNCc1c(F)cccc1N1CCCC(CC)CC1. The molecule has 112 valence electrons.